The summed E-state index contributed by atoms with van der Waals surface area (Å²) < 4.78 is 0.890. The Morgan fingerprint density at radius 3 is 3.06 bits per heavy atom. The van der Waals surface area contributed by atoms with Crippen LogP contribution in [0.25, 0.3) is 0 Å². The highest BCUT2D eigenvalue weighted by Crippen LogP contribution is 2.23. The van der Waals surface area contributed by atoms with E-state index in [2.05, 4.69) is 10.2 Å². The van der Waals surface area contributed by atoms with E-state index in [0.717, 1.165) is 9.90 Å². The first kappa shape index (κ1) is 11.1. The lowest BCUT2D eigenvalue weighted by Gasteiger charge is -2.00. The highest BCUT2D eigenvalue weighted by Gasteiger charge is 2.04. The van der Waals surface area contributed by atoms with Gasteiger partial charge in [0, 0.05) is 5.75 Å². The van der Waals surface area contributed by atoms with Crippen LogP contribution in [0.4, 0.5) is 0 Å². The number of hydrogen-bond donors (Lipinski definition) is 1. The van der Waals surface area contributed by atoms with Crippen LogP contribution in [-0.4, -0.2) is 21.3 Å². The molecular weight excluding hydrogens is 244 g/mol. The molecule has 82 valence electrons. The second kappa shape index (κ2) is 5.09. The number of aromatic nitrogens is 2. The molecule has 1 aromatic carbocycles. The van der Waals surface area contributed by atoms with E-state index in [1.165, 1.54) is 11.3 Å². The predicted molar refractivity (Wildman–Crippen MR) is 62.9 cm³/mol. The second-order valence-corrected chi connectivity index (χ2v) is 5.05. The van der Waals surface area contributed by atoms with Gasteiger partial charge >= 0.3 is 5.97 Å². The molecule has 6 heteroatoms. The molecule has 0 atom stereocenters. The van der Waals surface area contributed by atoms with Crippen molar-refractivity contribution in [2.24, 2.45) is 0 Å². The molecule has 2 rings (SSSR count). The monoisotopic (exact) mass is 252 g/mol. The van der Waals surface area contributed by atoms with Crippen LogP contribution in [0.15, 0.2) is 34.1 Å². The van der Waals surface area contributed by atoms with Gasteiger partial charge in [-0.15, -0.1) is 10.2 Å². The van der Waals surface area contributed by atoms with Crippen molar-refractivity contribution in [1.82, 2.24) is 10.2 Å². The first-order chi connectivity index (χ1) is 7.75. The molecule has 0 unspecified atom stereocenters. The Morgan fingerprint density at radius 2 is 2.38 bits per heavy atom. The minimum atomic E-state index is -0.900. The van der Waals surface area contributed by atoms with Crippen molar-refractivity contribution in [3.05, 3.63) is 40.9 Å². The van der Waals surface area contributed by atoms with Crippen LogP contribution < -0.4 is 0 Å². The molecule has 4 nitrogen and oxygen atoms in total. The first-order valence-corrected chi connectivity index (χ1v) is 6.33. The van der Waals surface area contributed by atoms with Gasteiger partial charge in [0.1, 0.15) is 5.51 Å². The van der Waals surface area contributed by atoms with Crippen LogP contribution in [0.2, 0.25) is 0 Å². The molecular formula is C10H8N2O2S2. The molecule has 0 aliphatic carbocycles. The number of aromatic carboxylic acids is 1. The average molecular weight is 252 g/mol. The third-order valence-corrected chi connectivity index (χ3v) is 3.81. The Labute approximate surface area is 100 Å². The van der Waals surface area contributed by atoms with Crippen molar-refractivity contribution >= 4 is 29.1 Å². The van der Waals surface area contributed by atoms with Gasteiger partial charge in [-0.1, -0.05) is 35.2 Å². The summed E-state index contributed by atoms with van der Waals surface area (Å²) in [6.45, 7) is 0. The lowest BCUT2D eigenvalue weighted by molar-refractivity contribution is 0.0697. The van der Waals surface area contributed by atoms with Crippen molar-refractivity contribution in [3.8, 4) is 0 Å². The van der Waals surface area contributed by atoms with Crippen LogP contribution in [0, 0.1) is 0 Å². The lowest BCUT2D eigenvalue weighted by Crippen LogP contribution is -1.96. The van der Waals surface area contributed by atoms with Crippen molar-refractivity contribution < 1.29 is 9.90 Å². The molecule has 0 spiro atoms. The summed E-state index contributed by atoms with van der Waals surface area (Å²) in [6.07, 6.45) is 0. The fourth-order valence-electron chi connectivity index (χ4n) is 1.17. The predicted octanol–water partition coefficient (Wildman–Crippen LogP) is 2.53. The van der Waals surface area contributed by atoms with Crippen LogP contribution in [0.3, 0.4) is 0 Å². The Bertz CT molecular complexity index is 485. The number of carboxylic acid groups (broad SMARTS) is 1. The molecule has 0 saturated carbocycles. The maximum Gasteiger partial charge on any atom is 0.335 e. The number of thioether (sulfide) groups is 1. The number of rotatable bonds is 4. The van der Waals surface area contributed by atoms with Crippen molar-refractivity contribution in [1.29, 1.82) is 0 Å². The Balaban J connectivity index is 2.04. The topological polar surface area (TPSA) is 63.1 Å². The quantitative estimate of drug-likeness (QED) is 0.847. The SMILES string of the molecule is O=C(O)c1cccc(CSc2nncs2)c1. The largest absolute Gasteiger partial charge is 0.478 e. The van der Waals surface area contributed by atoms with E-state index in [0.29, 0.717) is 11.3 Å². The summed E-state index contributed by atoms with van der Waals surface area (Å²) in [5.74, 6) is -0.196. The summed E-state index contributed by atoms with van der Waals surface area (Å²) >= 11 is 3.03. The molecule has 1 aromatic heterocycles. The van der Waals surface area contributed by atoms with E-state index < -0.39 is 5.97 Å². The van der Waals surface area contributed by atoms with Gasteiger partial charge in [0.25, 0.3) is 0 Å². The highest BCUT2D eigenvalue weighted by atomic mass is 32.2. The van der Waals surface area contributed by atoms with E-state index in [9.17, 15) is 4.79 Å². The first-order valence-electron chi connectivity index (χ1n) is 4.47. The normalized spacial score (nSPS) is 10.2. The molecule has 0 fully saturated rings. The number of hydrogen-bond acceptors (Lipinski definition) is 5. The fourth-order valence-corrected chi connectivity index (χ4v) is 2.60. The molecule has 1 N–H and O–H groups in total. The number of carboxylic acids is 1. The zero-order valence-corrected chi connectivity index (χ0v) is 9.79. The summed E-state index contributed by atoms with van der Waals surface area (Å²) in [6, 6.07) is 6.91. The van der Waals surface area contributed by atoms with Crippen molar-refractivity contribution in [3.63, 3.8) is 0 Å². The molecule has 0 amide bonds. The Morgan fingerprint density at radius 1 is 1.50 bits per heavy atom. The number of carbonyl (C=O) groups is 1. The van der Waals surface area contributed by atoms with Gasteiger partial charge in [0.2, 0.25) is 0 Å². The summed E-state index contributed by atoms with van der Waals surface area (Å²) in [5, 5.41) is 16.5. The zero-order valence-electron chi connectivity index (χ0n) is 8.16. The van der Waals surface area contributed by atoms with Crippen molar-refractivity contribution in [2.75, 3.05) is 0 Å². The van der Waals surface area contributed by atoms with E-state index >= 15 is 0 Å². The Kier molecular flexibility index (Phi) is 3.53. The molecule has 0 bridgehead atoms. The van der Waals surface area contributed by atoms with Crippen molar-refractivity contribution in [2.45, 2.75) is 10.1 Å². The maximum atomic E-state index is 10.8. The van der Waals surface area contributed by atoms with E-state index in [1.807, 2.05) is 6.07 Å². The number of nitrogens with zero attached hydrogens (tertiary/aromatic N) is 2. The molecule has 0 radical (unpaired) electrons. The van der Waals surface area contributed by atoms with Gasteiger partial charge in [-0.3, -0.25) is 0 Å². The van der Waals surface area contributed by atoms with Crippen LogP contribution in [0.5, 0.6) is 0 Å². The smallest absolute Gasteiger partial charge is 0.335 e. The maximum absolute atomic E-state index is 10.8. The Hall–Kier alpha value is -1.40. The van der Waals surface area contributed by atoms with E-state index in [4.69, 9.17) is 5.11 Å². The fraction of sp³-hybridized carbons (Fsp3) is 0.100. The lowest BCUT2D eigenvalue weighted by atomic mass is 10.1. The molecule has 0 saturated heterocycles. The van der Waals surface area contributed by atoms with Gasteiger partial charge in [-0.05, 0) is 17.7 Å². The summed E-state index contributed by atoms with van der Waals surface area (Å²) in [5.41, 5.74) is 2.96. The molecule has 1 heterocycles. The van der Waals surface area contributed by atoms with Gasteiger partial charge in [-0.2, -0.15) is 0 Å². The van der Waals surface area contributed by atoms with E-state index in [1.54, 1.807) is 35.5 Å². The van der Waals surface area contributed by atoms with Gasteiger partial charge in [0.15, 0.2) is 4.34 Å². The van der Waals surface area contributed by atoms with Gasteiger partial charge in [-0.25, -0.2) is 4.79 Å². The summed E-state index contributed by atoms with van der Waals surface area (Å²) in [7, 11) is 0. The van der Waals surface area contributed by atoms with Crippen LogP contribution in [-0.2, 0) is 5.75 Å². The molecule has 16 heavy (non-hydrogen) atoms. The molecule has 0 aliphatic rings. The minimum Gasteiger partial charge on any atom is -0.478 e. The second-order valence-electron chi connectivity index (χ2n) is 3.00. The summed E-state index contributed by atoms with van der Waals surface area (Å²) in [4.78, 5) is 10.8. The molecule has 2 aromatic rings. The molecule has 0 aliphatic heterocycles. The third kappa shape index (κ3) is 2.80. The number of benzene rings is 1. The minimum absolute atomic E-state index is 0.315. The standard InChI is InChI=1S/C10H8N2O2S2/c13-9(14)8-3-1-2-7(4-8)5-15-10-12-11-6-16-10/h1-4,6H,5H2,(H,13,14). The highest BCUT2D eigenvalue weighted by molar-refractivity contribution is 8.00. The third-order valence-electron chi connectivity index (χ3n) is 1.88. The van der Waals surface area contributed by atoms with Crippen LogP contribution >= 0.6 is 23.1 Å². The van der Waals surface area contributed by atoms with Gasteiger partial charge in [0.05, 0.1) is 5.56 Å². The zero-order chi connectivity index (χ0) is 11.4. The van der Waals surface area contributed by atoms with E-state index in [-0.39, 0.29) is 0 Å². The van der Waals surface area contributed by atoms with Crippen LogP contribution in [0.1, 0.15) is 15.9 Å². The average Bonchev–Trinajstić information content (AvgIpc) is 2.79. The van der Waals surface area contributed by atoms with Gasteiger partial charge < -0.3 is 5.11 Å².